The molecule has 0 fully saturated rings. The van der Waals surface area contributed by atoms with Gasteiger partial charge in [-0.2, -0.15) is 0 Å². The number of benzene rings is 2. The van der Waals surface area contributed by atoms with Gasteiger partial charge < -0.3 is 5.73 Å². The average molecular weight is 272 g/mol. The molecular weight excluding hydrogens is 263 g/mol. The highest BCUT2D eigenvalue weighted by atomic mass is 35.5. The maximum absolute atomic E-state index is 13.7. The summed E-state index contributed by atoms with van der Waals surface area (Å²) in [6.07, 6.45) is 0. The van der Waals surface area contributed by atoms with Crippen LogP contribution in [-0.2, 0) is 0 Å². The van der Waals surface area contributed by atoms with E-state index in [1.54, 1.807) is 0 Å². The van der Waals surface area contributed by atoms with E-state index in [2.05, 4.69) is 0 Å². The second kappa shape index (κ2) is 5.00. The van der Waals surface area contributed by atoms with E-state index >= 15 is 0 Å². The third-order valence-corrected chi connectivity index (χ3v) is 2.90. The standard InChI is InChI=1S/C13H9ClF3N/c14-10-3-1-2-8(12(10)17)13(18)9-6-7(15)4-5-11(9)16/h1-6,13H,18H2. The van der Waals surface area contributed by atoms with Crippen LogP contribution in [0.5, 0.6) is 0 Å². The topological polar surface area (TPSA) is 26.0 Å². The van der Waals surface area contributed by atoms with Crippen molar-refractivity contribution in [1.29, 1.82) is 0 Å². The Hall–Kier alpha value is -1.52. The van der Waals surface area contributed by atoms with Crippen molar-refractivity contribution in [3.05, 3.63) is 70.0 Å². The molecule has 5 heteroatoms. The van der Waals surface area contributed by atoms with Crippen LogP contribution in [0, 0.1) is 17.5 Å². The van der Waals surface area contributed by atoms with Gasteiger partial charge in [0.15, 0.2) is 0 Å². The first kappa shape index (κ1) is 12.9. The Morgan fingerprint density at radius 2 is 1.72 bits per heavy atom. The van der Waals surface area contributed by atoms with Crippen molar-refractivity contribution < 1.29 is 13.2 Å². The van der Waals surface area contributed by atoms with Gasteiger partial charge in [-0.25, -0.2) is 13.2 Å². The molecule has 0 saturated heterocycles. The van der Waals surface area contributed by atoms with Crippen molar-refractivity contribution in [3.8, 4) is 0 Å². The Morgan fingerprint density at radius 3 is 2.44 bits per heavy atom. The molecule has 0 aliphatic carbocycles. The van der Waals surface area contributed by atoms with E-state index in [9.17, 15) is 13.2 Å². The van der Waals surface area contributed by atoms with Crippen molar-refractivity contribution in [2.24, 2.45) is 5.73 Å². The molecule has 1 atom stereocenters. The van der Waals surface area contributed by atoms with Crippen molar-refractivity contribution >= 4 is 11.6 Å². The fraction of sp³-hybridized carbons (Fsp3) is 0.0769. The smallest absolute Gasteiger partial charge is 0.146 e. The van der Waals surface area contributed by atoms with E-state index in [4.69, 9.17) is 17.3 Å². The maximum atomic E-state index is 13.7. The molecule has 0 heterocycles. The summed E-state index contributed by atoms with van der Waals surface area (Å²) in [6, 6.07) is 6.00. The highest BCUT2D eigenvalue weighted by Gasteiger charge is 2.19. The van der Waals surface area contributed by atoms with Crippen LogP contribution in [0.4, 0.5) is 13.2 Å². The van der Waals surface area contributed by atoms with Crippen LogP contribution in [0.25, 0.3) is 0 Å². The van der Waals surface area contributed by atoms with Gasteiger partial charge in [0.2, 0.25) is 0 Å². The normalized spacial score (nSPS) is 12.5. The number of halogens is 4. The molecule has 0 amide bonds. The molecule has 2 aromatic carbocycles. The van der Waals surface area contributed by atoms with Crippen LogP contribution in [0.2, 0.25) is 5.02 Å². The molecule has 1 unspecified atom stereocenters. The Bertz CT molecular complexity index is 584. The van der Waals surface area contributed by atoms with Crippen LogP contribution in [-0.4, -0.2) is 0 Å². The zero-order valence-corrected chi connectivity index (χ0v) is 9.89. The number of nitrogens with two attached hydrogens (primary N) is 1. The van der Waals surface area contributed by atoms with E-state index in [-0.39, 0.29) is 16.1 Å². The van der Waals surface area contributed by atoms with Crippen molar-refractivity contribution in [2.75, 3.05) is 0 Å². The Labute approximate surface area is 107 Å². The number of hydrogen-bond acceptors (Lipinski definition) is 1. The van der Waals surface area contributed by atoms with Gasteiger partial charge in [-0.05, 0) is 24.3 Å². The molecule has 0 aliphatic heterocycles. The maximum Gasteiger partial charge on any atom is 0.146 e. The molecule has 1 nitrogen and oxygen atoms in total. The second-order valence-electron chi connectivity index (χ2n) is 3.79. The quantitative estimate of drug-likeness (QED) is 0.883. The first-order valence-corrected chi connectivity index (χ1v) is 5.53. The summed E-state index contributed by atoms with van der Waals surface area (Å²) in [7, 11) is 0. The molecular formula is C13H9ClF3N. The van der Waals surface area contributed by atoms with E-state index in [0.717, 1.165) is 18.2 Å². The van der Waals surface area contributed by atoms with E-state index in [1.165, 1.54) is 18.2 Å². The minimum atomic E-state index is -1.11. The molecule has 2 rings (SSSR count). The van der Waals surface area contributed by atoms with Gasteiger partial charge in [0.1, 0.15) is 17.5 Å². The zero-order chi connectivity index (χ0) is 13.3. The molecule has 2 N–H and O–H groups in total. The minimum absolute atomic E-state index is 0.0204. The summed E-state index contributed by atoms with van der Waals surface area (Å²) < 4.78 is 40.3. The lowest BCUT2D eigenvalue weighted by molar-refractivity contribution is 0.563. The summed E-state index contributed by atoms with van der Waals surface area (Å²) in [5.41, 5.74) is 5.66. The monoisotopic (exact) mass is 271 g/mol. The second-order valence-corrected chi connectivity index (χ2v) is 4.19. The van der Waals surface area contributed by atoms with Gasteiger partial charge in [0.25, 0.3) is 0 Å². The molecule has 0 spiro atoms. The molecule has 0 bridgehead atoms. The predicted octanol–water partition coefficient (Wildman–Crippen LogP) is 3.81. The molecule has 0 aliphatic rings. The summed E-state index contributed by atoms with van der Waals surface area (Å²) in [5, 5.41) is -0.111. The van der Waals surface area contributed by atoms with E-state index in [1.807, 2.05) is 0 Å². The highest BCUT2D eigenvalue weighted by molar-refractivity contribution is 6.30. The largest absolute Gasteiger partial charge is 0.320 e. The fourth-order valence-corrected chi connectivity index (χ4v) is 1.86. The van der Waals surface area contributed by atoms with Crippen LogP contribution in [0.1, 0.15) is 17.2 Å². The van der Waals surface area contributed by atoms with E-state index < -0.39 is 23.5 Å². The van der Waals surface area contributed by atoms with Crippen LogP contribution < -0.4 is 5.73 Å². The zero-order valence-electron chi connectivity index (χ0n) is 9.13. The van der Waals surface area contributed by atoms with Gasteiger partial charge in [0, 0.05) is 11.1 Å². The first-order valence-electron chi connectivity index (χ1n) is 5.15. The Kier molecular flexibility index (Phi) is 3.59. The lowest BCUT2D eigenvalue weighted by Gasteiger charge is -2.15. The number of rotatable bonds is 2. The lowest BCUT2D eigenvalue weighted by atomic mass is 9.98. The first-order chi connectivity index (χ1) is 8.50. The minimum Gasteiger partial charge on any atom is -0.320 e. The Balaban J connectivity index is 2.51. The van der Waals surface area contributed by atoms with E-state index in [0.29, 0.717) is 0 Å². The van der Waals surface area contributed by atoms with Crippen LogP contribution in [0.15, 0.2) is 36.4 Å². The molecule has 2 aromatic rings. The van der Waals surface area contributed by atoms with Crippen LogP contribution >= 0.6 is 11.6 Å². The van der Waals surface area contributed by atoms with Gasteiger partial charge in [0.05, 0.1) is 11.1 Å². The molecule has 0 saturated carbocycles. The Morgan fingerprint density at radius 1 is 1.00 bits per heavy atom. The number of hydrogen-bond donors (Lipinski definition) is 1. The summed E-state index contributed by atoms with van der Waals surface area (Å²) in [6.45, 7) is 0. The van der Waals surface area contributed by atoms with Gasteiger partial charge in [-0.15, -0.1) is 0 Å². The average Bonchev–Trinajstić information content (AvgIpc) is 2.35. The third-order valence-electron chi connectivity index (χ3n) is 2.61. The van der Waals surface area contributed by atoms with Gasteiger partial charge in [-0.1, -0.05) is 23.7 Å². The predicted molar refractivity (Wildman–Crippen MR) is 63.8 cm³/mol. The molecule has 18 heavy (non-hydrogen) atoms. The third kappa shape index (κ3) is 2.35. The van der Waals surface area contributed by atoms with Crippen molar-refractivity contribution in [1.82, 2.24) is 0 Å². The molecule has 0 aromatic heterocycles. The summed E-state index contributed by atoms with van der Waals surface area (Å²) >= 11 is 5.62. The summed E-state index contributed by atoms with van der Waals surface area (Å²) in [4.78, 5) is 0. The van der Waals surface area contributed by atoms with Crippen molar-refractivity contribution in [2.45, 2.75) is 6.04 Å². The SMILES string of the molecule is NC(c1cc(F)ccc1F)c1cccc(Cl)c1F. The van der Waals surface area contributed by atoms with Gasteiger partial charge in [-0.3, -0.25) is 0 Å². The van der Waals surface area contributed by atoms with Gasteiger partial charge >= 0.3 is 0 Å². The highest BCUT2D eigenvalue weighted by Crippen LogP contribution is 2.28. The van der Waals surface area contributed by atoms with Crippen molar-refractivity contribution in [3.63, 3.8) is 0 Å². The molecule has 0 radical (unpaired) electrons. The molecule has 94 valence electrons. The summed E-state index contributed by atoms with van der Waals surface area (Å²) in [5.74, 6) is -2.05. The van der Waals surface area contributed by atoms with Crippen LogP contribution in [0.3, 0.4) is 0 Å². The lowest BCUT2D eigenvalue weighted by Crippen LogP contribution is -2.15. The fourth-order valence-electron chi connectivity index (χ4n) is 1.68.